The van der Waals surface area contributed by atoms with Crippen molar-refractivity contribution in [2.24, 2.45) is 5.92 Å². The Bertz CT molecular complexity index is 259. The Kier molecular flexibility index (Phi) is 5.06. The molecule has 0 fully saturated rings. The van der Waals surface area contributed by atoms with Crippen LogP contribution >= 0.6 is 0 Å². The minimum absolute atomic E-state index is 0.704. The van der Waals surface area contributed by atoms with E-state index in [1.807, 2.05) is 0 Å². The second-order valence-corrected chi connectivity index (χ2v) is 3.89. The van der Waals surface area contributed by atoms with Crippen molar-refractivity contribution in [1.82, 2.24) is 0 Å². The molecule has 0 nitrogen and oxygen atoms in total. The van der Waals surface area contributed by atoms with E-state index in [-0.39, 0.29) is 0 Å². The molecule has 0 bridgehead atoms. The third-order valence-corrected chi connectivity index (χ3v) is 2.43. The zero-order valence-electron chi connectivity index (χ0n) is 9.24. The van der Waals surface area contributed by atoms with E-state index in [1.165, 1.54) is 24.8 Å². The van der Waals surface area contributed by atoms with E-state index in [9.17, 15) is 0 Å². The van der Waals surface area contributed by atoms with Gasteiger partial charge in [-0.05, 0) is 17.9 Å². The summed E-state index contributed by atoms with van der Waals surface area (Å²) in [7, 11) is 0. The van der Waals surface area contributed by atoms with Crippen LogP contribution in [0.15, 0.2) is 36.4 Å². The van der Waals surface area contributed by atoms with Gasteiger partial charge in [0.2, 0.25) is 0 Å². The molecule has 14 heavy (non-hydrogen) atoms. The maximum Gasteiger partial charge on any atom is -0.0259 e. The number of allylic oxidation sites excluding steroid dienone is 1. The highest BCUT2D eigenvalue weighted by atomic mass is 14.0. The van der Waals surface area contributed by atoms with Gasteiger partial charge >= 0.3 is 0 Å². The molecule has 1 unspecified atom stereocenters. The Hall–Kier alpha value is -1.04. The summed E-state index contributed by atoms with van der Waals surface area (Å²) < 4.78 is 0. The van der Waals surface area contributed by atoms with Crippen LogP contribution in [0.2, 0.25) is 0 Å². The molecule has 0 amide bonds. The molecule has 0 saturated heterocycles. The molecule has 0 spiro atoms. The molecule has 0 radical (unpaired) electrons. The zero-order valence-corrected chi connectivity index (χ0v) is 9.24. The first-order valence-electron chi connectivity index (χ1n) is 5.56. The Morgan fingerprint density at radius 2 is 1.93 bits per heavy atom. The normalized spacial score (nSPS) is 13.3. The van der Waals surface area contributed by atoms with Crippen molar-refractivity contribution in [3.8, 4) is 0 Å². The van der Waals surface area contributed by atoms with Crippen molar-refractivity contribution in [2.75, 3.05) is 0 Å². The summed E-state index contributed by atoms with van der Waals surface area (Å²) in [6, 6.07) is 10.5. The SMILES string of the molecule is CCCCC(C)C=Cc1ccccc1. The van der Waals surface area contributed by atoms with Crippen molar-refractivity contribution >= 4 is 6.08 Å². The summed E-state index contributed by atoms with van der Waals surface area (Å²) in [5, 5.41) is 0. The summed E-state index contributed by atoms with van der Waals surface area (Å²) in [6.45, 7) is 4.53. The lowest BCUT2D eigenvalue weighted by Crippen LogP contribution is -1.88. The topological polar surface area (TPSA) is 0 Å². The third-order valence-electron chi connectivity index (χ3n) is 2.43. The van der Waals surface area contributed by atoms with Crippen molar-refractivity contribution < 1.29 is 0 Å². The van der Waals surface area contributed by atoms with E-state index in [4.69, 9.17) is 0 Å². The van der Waals surface area contributed by atoms with Gasteiger partial charge < -0.3 is 0 Å². The van der Waals surface area contributed by atoms with E-state index < -0.39 is 0 Å². The number of benzene rings is 1. The number of hydrogen-bond donors (Lipinski definition) is 0. The summed E-state index contributed by atoms with van der Waals surface area (Å²) in [4.78, 5) is 0. The van der Waals surface area contributed by atoms with Gasteiger partial charge in [0, 0.05) is 0 Å². The van der Waals surface area contributed by atoms with Crippen LogP contribution in [-0.4, -0.2) is 0 Å². The van der Waals surface area contributed by atoms with E-state index in [2.05, 4.69) is 56.3 Å². The maximum absolute atomic E-state index is 2.31. The lowest BCUT2D eigenvalue weighted by atomic mass is 10.0. The fourth-order valence-electron chi connectivity index (χ4n) is 1.46. The minimum Gasteiger partial charge on any atom is -0.0811 e. The predicted molar refractivity (Wildman–Crippen MR) is 64.2 cm³/mol. The molecule has 0 N–H and O–H groups in total. The largest absolute Gasteiger partial charge is 0.0811 e. The molecule has 0 aromatic heterocycles. The highest BCUT2D eigenvalue weighted by Crippen LogP contribution is 2.11. The summed E-state index contributed by atoms with van der Waals surface area (Å²) in [6.07, 6.45) is 8.47. The van der Waals surface area contributed by atoms with Gasteiger partial charge in [0.25, 0.3) is 0 Å². The molecule has 1 aromatic rings. The second-order valence-electron chi connectivity index (χ2n) is 3.89. The molecule has 0 aliphatic rings. The molecule has 76 valence electrons. The van der Waals surface area contributed by atoms with Gasteiger partial charge in [0.05, 0.1) is 0 Å². The van der Waals surface area contributed by atoms with E-state index in [0.29, 0.717) is 5.92 Å². The number of unbranched alkanes of at least 4 members (excludes halogenated alkanes) is 1. The first-order valence-corrected chi connectivity index (χ1v) is 5.56. The first-order chi connectivity index (χ1) is 6.83. The molecule has 0 aliphatic heterocycles. The van der Waals surface area contributed by atoms with Gasteiger partial charge in [-0.3, -0.25) is 0 Å². The smallest absolute Gasteiger partial charge is 0.0259 e. The Morgan fingerprint density at radius 1 is 1.21 bits per heavy atom. The standard InChI is InChI=1S/C14H20/c1-3-4-8-13(2)11-12-14-9-6-5-7-10-14/h5-7,9-13H,3-4,8H2,1-2H3. The third kappa shape index (κ3) is 4.27. The van der Waals surface area contributed by atoms with Crippen molar-refractivity contribution in [1.29, 1.82) is 0 Å². The lowest BCUT2D eigenvalue weighted by Gasteiger charge is -2.03. The Labute approximate surface area is 87.7 Å². The molecular formula is C14H20. The fourth-order valence-corrected chi connectivity index (χ4v) is 1.46. The van der Waals surface area contributed by atoms with Gasteiger partial charge in [0.15, 0.2) is 0 Å². The molecule has 1 rings (SSSR count). The monoisotopic (exact) mass is 188 g/mol. The van der Waals surface area contributed by atoms with Crippen molar-refractivity contribution in [2.45, 2.75) is 33.1 Å². The minimum atomic E-state index is 0.704. The maximum atomic E-state index is 2.31. The van der Waals surface area contributed by atoms with E-state index in [1.54, 1.807) is 0 Å². The lowest BCUT2D eigenvalue weighted by molar-refractivity contribution is 0.600. The van der Waals surface area contributed by atoms with Crippen LogP contribution in [0.3, 0.4) is 0 Å². The molecular weight excluding hydrogens is 168 g/mol. The highest BCUT2D eigenvalue weighted by molar-refractivity contribution is 5.48. The van der Waals surface area contributed by atoms with E-state index >= 15 is 0 Å². The molecule has 0 heterocycles. The predicted octanol–water partition coefficient (Wildman–Crippen LogP) is 4.53. The average Bonchev–Trinajstić information content (AvgIpc) is 2.25. The summed E-state index contributed by atoms with van der Waals surface area (Å²) >= 11 is 0. The van der Waals surface area contributed by atoms with Gasteiger partial charge in [-0.2, -0.15) is 0 Å². The average molecular weight is 188 g/mol. The molecule has 0 aliphatic carbocycles. The van der Waals surface area contributed by atoms with Gasteiger partial charge in [-0.15, -0.1) is 0 Å². The van der Waals surface area contributed by atoms with Crippen LogP contribution < -0.4 is 0 Å². The van der Waals surface area contributed by atoms with Crippen LogP contribution in [0, 0.1) is 5.92 Å². The van der Waals surface area contributed by atoms with Crippen LogP contribution in [-0.2, 0) is 0 Å². The van der Waals surface area contributed by atoms with Gasteiger partial charge in [-0.25, -0.2) is 0 Å². The quantitative estimate of drug-likeness (QED) is 0.637. The summed E-state index contributed by atoms with van der Waals surface area (Å²) in [5.41, 5.74) is 1.30. The molecule has 0 heteroatoms. The zero-order chi connectivity index (χ0) is 10.2. The van der Waals surface area contributed by atoms with Crippen LogP contribution in [0.5, 0.6) is 0 Å². The van der Waals surface area contributed by atoms with Crippen LogP contribution in [0.1, 0.15) is 38.7 Å². The Morgan fingerprint density at radius 3 is 2.57 bits per heavy atom. The van der Waals surface area contributed by atoms with Crippen molar-refractivity contribution in [3.05, 3.63) is 42.0 Å². The number of rotatable bonds is 5. The molecule has 0 saturated carbocycles. The summed E-state index contributed by atoms with van der Waals surface area (Å²) in [5.74, 6) is 0.704. The van der Waals surface area contributed by atoms with Crippen molar-refractivity contribution in [3.63, 3.8) is 0 Å². The fraction of sp³-hybridized carbons (Fsp3) is 0.429. The highest BCUT2D eigenvalue weighted by Gasteiger charge is 1.94. The van der Waals surface area contributed by atoms with E-state index in [0.717, 1.165) is 0 Å². The van der Waals surface area contributed by atoms with Gasteiger partial charge in [-0.1, -0.05) is 69.2 Å². The van der Waals surface area contributed by atoms with Gasteiger partial charge in [0.1, 0.15) is 0 Å². The first kappa shape index (κ1) is 11.0. The molecule has 1 atom stereocenters. The van der Waals surface area contributed by atoms with Crippen LogP contribution in [0.25, 0.3) is 6.08 Å². The molecule has 1 aromatic carbocycles. The second kappa shape index (κ2) is 6.42. The number of hydrogen-bond acceptors (Lipinski definition) is 0. The van der Waals surface area contributed by atoms with Crippen LogP contribution in [0.4, 0.5) is 0 Å². The Balaban J connectivity index is 2.39.